The summed E-state index contributed by atoms with van der Waals surface area (Å²) in [5.74, 6) is 0. The summed E-state index contributed by atoms with van der Waals surface area (Å²) in [6, 6.07) is 61.9. The lowest BCUT2D eigenvalue weighted by molar-refractivity contribution is 0.668. The molecule has 0 radical (unpaired) electrons. The molecule has 3 heteroatoms. The Morgan fingerprint density at radius 1 is 0.396 bits per heavy atom. The van der Waals surface area contributed by atoms with Crippen LogP contribution >= 0.6 is 0 Å². The van der Waals surface area contributed by atoms with Gasteiger partial charge < -0.3 is 9.32 Å². The van der Waals surface area contributed by atoms with Crippen LogP contribution in [-0.2, 0) is 0 Å². The molecule has 0 aliphatic heterocycles. The molecular weight excluding hydrogens is 585 g/mol. The maximum absolute atomic E-state index is 6.32. The molecule has 226 valence electrons. The van der Waals surface area contributed by atoms with E-state index in [2.05, 4.69) is 175 Å². The maximum Gasteiger partial charge on any atom is 0.154 e. The van der Waals surface area contributed by atoms with Gasteiger partial charge in [-0.2, -0.15) is 0 Å². The molecule has 9 aromatic rings. The Balaban J connectivity index is 1.11. The Bertz CT molecular complexity index is 2540. The molecule has 3 nitrogen and oxygen atoms in total. The number of fused-ring (bicyclic) bond motifs is 5. The van der Waals surface area contributed by atoms with Gasteiger partial charge in [-0.15, -0.1) is 0 Å². The van der Waals surface area contributed by atoms with E-state index in [0.29, 0.717) is 0 Å². The topological polar surface area (TPSA) is 29.3 Å². The Kier molecular flexibility index (Phi) is 6.80. The molecule has 0 amide bonds. The fourth-order valence-corrected chi connectivity index (χ4v) is 6.71. The summed E-state index contributed by atoms with van der Waals surface area (Å²) in [5, 5.41) is 3.41. The number of hydrogen-bond donors (Lipinski definition) is 0. The molecule has 48 heavy (non-hydrogen) atoms. The van der Waals surface area contributed by atoms with Gasteiger partial charge in [0.05, 0.1) is 5.39 Å². The minimum absolute atomic E-state index is 0.792. The van der Waals surface area contributed by atoms with E-state index in [9.17, 15) is 0 Å². The minimum atomic E-state index is 0.792. The molecule has 0 atom stereocenters. The van der Waals surface area contributed by atoms with E-state index in [1.54, 1.807) is 0 Å². The third-order valence-electron chi connectivity index (χ3n) is 9.10. The van der Waals surface area contributed by atoms with Gasteiger partial charge in [-0.05, 0) is 87.1 Å². The van der Waals surface area contributed by atoms with Crippen LogP contribution in [0.1, 0.15) is 0 Å². The molecule has 0 fully saturated rings. The molecule has 2 heterocycles. The quantitative estimate of drug-likeness (QED) is 0.187. The lowest BCUT2D eigenvalue weighted by Gasteiger charge is -2.26. The zero-order valence-electron chi connectivity index (χ0n) is 26.1. The second kappa shape index (κ2) is 11.7. The van der Waals surface area contributed by atoms with Gasteiger partial charge in [-0.25, -0.2) is 0 Å². The lowest BCUT2D eigenvalue weighted by Crippen LogP contribution is -2.10. The third kappa shape index (κ3) is 4.99. The molecule has 0 unspecified atom stereocenters. The fourth-order valence-electron chi connectivity index (χ4n) is 6.71. The van der Waals surface area contributed by atoms with Gasteiger partial charge in [0.25, 0.3) is 0 Å². The van der Waals surface area contributed by atoms with Crippen molar-refractivity contribution in [2.75, 3.05) is 4.90 Å². The molecule has 9 rings (SSSR count). The molecule has 0 spiro atoms. The second-order valence-electron chi connectivity index (χ2n) is 12.0. The summed E-state index contributed by atoms with van der Waals surface area (Å²) in [6.45, 7) is 0. The number of nitrogens with zero attached hydrogens (tertiary/aromatic N) is 2. The Labute approximate surface area is 279 Å². The molecule has 0 N–H and O–H groups in total. The SMILES string of the molecule is c1ccc(-c2ccc(N(c3ccc(-c4cnc5c(c4)oc4ccc6ccccc6c45)cc3)c3cccc(-c4ccccc4)c3)cc2)cc1. The van der Waals surface area contributed by atoms with Crippen molar-refractivity contribution >= 4 is 49.9 Å². The number of anilines is 3. The van der Waals surface area contributed by atoms with Crippen molar-refractivity contribution in [1.29, 1.82) is 0 Å². The number of benzene rings is 7. The van der Waals surface area contributed by atoms with Gasteiger partial charge in [0.2, 0.25) is 0 Å². The Hall–Kier alpha value is -6.45. The van der Waals surface area contributed by atoms with E-state index in [0.717, 1.165) is 55.6 Å². The first-order valence-electron chi connectivity index (χ1n) is 16.2. The summed E-state index contributed by atoms with van der Waals surface area (Å²) in [4.78, 5) is 7.23. The Morgan fingerprint density at radius 3 is 1.69 bits per heavy atom. The van der Waals surface area contributed by atoms with Crippen molar-refractivity contribution in [1.82, 2.24) is 4.98 Å². The van der Waals surface area contributed by atoms with Gasteiger partial charge in [-0.3, -0.25) is 4.98 Å². The summed E-state index contributed by atoms with van der Waals surface area (Å²) >= 11 is 0. The van der Waals surface area contributed by atoms with E-state index in [1.807, 2.05) is 12.3 Å². The van der Waals surface area contributed by atoms with Gasteiger partial charge in [0.1, 0.15) is 11.1 Å². The average Bonchev–Trinajstić information content (AvgIpc) is 3.55. The van der Waals surface area contributed by atoms with Crippen molar-refractivity contribution in [3.05, 3.63) is 182 Å². The van der Waals surface area contributed by atoms with E-state index >= 15 is 0 Å². The van der Waals surface area contributed by atoms with E-state index in [1.165, 1.54) is 27.6 Å². The Morgan fingerprint density at radius 2 is 0.979 bits per heavy atom. The highest BCUT2D eigenvalue weighted by Gasteiger charge is 2.16. The number of pyridine rings is 1. The molecule has 0 aliphatic rings. The zero-order chi connectivity index (χ0) is 31.9. The van der Waals surface area contributed by atoms with Crippen molar-refractivity contribution in [2.24, 2.45) is 0 Å². The van der Waals surface area contributed by atoms with Crippen LogP contribution in [-0.4, -0.2) is 4.98 Å². The summed E-state index contributed by atoms with van der Waals surface area (Å²) in [6.07, 6.45) is 1.96. The van der Waals surface area contributed by atoms with Gasteiger partial charge in [-0.1, -0.05) is 127 Å². The monoisotopic (exact) mass is 614 g/mol. The second-order valence-corrected chi connectivity index (χ2v) is 12.0. The first kappa shape index (κ1) is 27.8. The smallest absolute Gasteiger partial charge is 0.154 e. The highest BCUT2D eigenvalue weighted by atomic mass is 16.3. The zero-order valence-corrected chi connectivity index (χ0v) is 26.1. The number of hydrogen-bond acceptors (Lipinski definition) is 3. The summed E-state index contributed by atoms with van der Waals surface area (Å²) in [7, 11) is 0. The molecule has 0 aliphatic carbocycles. The average molecular weight is 615 g/mol. The van der Waals surface area contributed by atoms with Crippen molar-refractivity contribution in [3.8, 4) is 33.4 Å². The van der Waals surface area contributed by atoms with Crippen LogP contribution in [0.5, 0.6) is 0 Å². The lowest BCUT2D eigenvalue weighted by atomic mass is 10.0. The molecule has 0 saturated carbocycles. The van der Waals surface area contributed by atoms with Gasteiger partial charge >= 0.3 is 0 Å². The van der Waals surface area contributed by atoms with E-state index in [-0.39, 0.29) is 0 Å². The fraction of sp³-hybridized carbons (Fsp3) is 0. The summed E-state index contributed by atoms with van der Waals surface area (Å²) < 4.78 is 6.32. The molecule has 2 aromatic heterocycles. The number of rotatable bonds is 6. The van der Waals surface area contributed by atoms with Crippen LogP contribution in [0, 0.1) is 0 Å². The summed E-state index contributed by atoms with van der Waals surface area (Å²) in [5.41, 5.74) is 12.6. The number of furan rings is 1. The van der Waals surface area contributed by atoms with Crippen molar-refractivity contribution < 1.29 is 4.42 Å². The van der Waals surface area contributed by atoms with Gasteiger partial charge in [0, 0.05) is 28.8 Å². The predicted octanol–water partition coefficient (Wildman–Crippen LogP) is 12.6. The standard InChI is InChI=1S/C45H30N2O/c1-3-10-31(11-4-1)33-18-23-38(24-19-33)47(40-16-9-15-36(28-40)32-12-5-2-6-13-32)39-25-20-34(21-26-39)37-29-43-45(46-30-37)44-41-17-8-7-14-35(41)22-27-42(44)48-43/h1-30H. The van der Waals surface area contributed by atoms with E-state index in [4.69, 9.17) is 9.40 Å². The van der Waals surface area contributed by atoms with Crippen LogP contribution in [0.2, 0.25) is 0 Å². The van der Waals surface area contributed by atoms with Crippen LogP contribution in [0.4, 0.5) is 17.1 Å². The van der Waals surface area contributed by atoms with Crippen LogP contribution in [0.15, 0.2) is 187 Å². The predicted molar refractivity (Wildman–Crippen MR) is 200 cm³/mol. The minimum Gasteiger partial charge on any atom is -0.454 e. The van der Waals surface area contributed by atoms with Crippen LogP contribution in [0.25, 0.3) is 66.2 Å². The highest BCUT2D eigenvalue weighted by molar-refractivity contribution is 6.17. The first-order valence-corrected chi connectivity index (χ1v) is 16.2. The van der Waals surface area contributed by atoms with Crippen molar-refractivity contribution in [3.63, 3.8) is 0 Å². The van der Waals surface area contributed by atoms with Gasteiger partial charge in [0.15, 0.2) is 5.58 Å². The largest absolute Gasteiger partial charge is 0.454 e. The molecule has 0 bridgehead atoms. The molecular formula is C45H30N2O. The van der Waals surface area contributed by atoms with Crippen LogP contribution < -0.4 is 4.90 Å². The van der Waals surface area contributed by atoms with Crippen LogP contribution in [0.3, 0.4) is 0 Å². The van der Waals surface area contributed by atoms with Crippen molar-refractivity contribution in [2.45, 2.75) is 0 Å². The first-order chi connectivity index (χ1) is 23.8. The molecule has 7 aromatic carbocycles. The third-order valence-corrected chi connectivity index (χ3v) is 9.10. The number of aromatic nitrogens is 1. The highest BCUT2D eigenvalue weighted by Crippen LogP contribution is 2.39. The normalized spacial score (nSPS) is 11.3. The molecule has 0 saturated heterocycles. The maximum atomic E-state index is 6.32. The van der Waals surface area contributed by atoms with E-state index < -0.39 is 0 Å².